The first-order chi connectivity index (χ1) is 11.3. The maximum atomic E-state index is 9.21. The van der Waals surface area contributed by atoms with Gasteiger partial charge in [-0.2, -0.15) is 0 Å². The SMILES string of the molecule is CCCC(CCO)CN=C(NCC)N1CCC(N2CC=CC2)C1.I. The lowest BCUT2D eigenvalue weighted by Crippen LogP contribution is -2.43. The number of hydrogen-bond acceptors (Lipinski definition) is 3. The second kappa shape index (κ2) is 12.1. The van der Waals surface area contributed by atoms with Gasteiger partial charge in [0.25, 0.3) is 0 Å². The van der Waals surface area contributed by atoms with Crippen LogP contribution in [0.3, 0.4) is 0 Å². The smallest absolute Gasteiger partial charge is 0.193 e. The summed E-state index contributed by atoms with van der Waals surface area (Å²) in [5, 5.41) is 12.7. The third-order valence-corrected chi connectivity index (χ3v) is 4.89. The first-order valence-electron chi connectivity index (χ1n) is 9.31. The predicted octanol–water partition coefficient (Wildman–Crippen LogP) is 2.31. The monoisotopic (exact) mass is 450 g/mol. The number of hydrogen-bond donors (Lipinski definition) is 2. The number of nitrogens with zero attached hydrogens (tertiary/aromatic N) is 3. The van der Waals surface area contributed by atoms with E-state index in [0.29, 0.717) is 12.0 Å². The Labute approximate surface area is 164 Å². The fourth-order valence-corrected chi connectivity index (χ4v) is 3.58. The van der Waals surface area contributed by atoms with Gasteiger partial charge < -0.3 is 15.3 Å². The van der Waals surface area contributed by atoms with Gasteiger partial charge >= 0.3 is 0 Å². The van der Waals surface area contributed by atoms with E-state index in [9.17, 15) is 5.11 Å². The van der Waals surface area contributed by atoms with Crippen molar-refractivity contribution in [1.29, 1.82) is 0 Å². The van der Waals surface area contributed by atoms with E-state index in [1.807, 2.05) is 0 Å². The molecule has 0 spiro atoms. The Morgan fingerprint density at radius 3 is 2.67 bits per heavy atom. The van der Waals surface area contributed by atoms with Gasteiger partial charge in [-0.1, -0.05) is 25.5 Å². The summed E-state index contributed by atoms with van der Waals surface area (Å²) >= 11 is 0. The van der Waals surface area contributed by atoms with Crippen LogP contribution in [-0.2, 0) is 0 Å². The second-order valence-electron chi connectivity index (χ2n) is 6.68. The van der Waals surface area contributed by atoms with Crippen molar-refractivity contribution in [2.75, 3.05) is 45.9 Å². The van der Waals surface area contributed by atoms with E-state index in [1.165, 1.54) is 6.42 Å². The Balaban J connectivity index is 0.00000288. The van der Waals surface area contributed by atoms with Crippen molar-refractivity contribution < 1.29 is 5.11 Å². The van der Waals surface area contributed by atoms with Gasteiger partial charge in [0, 0.05) is 51.9 Å². The quantitative estimate of drug-likeness (QED) is 0.258. The third kappa shape index (κ3) is 6.52. The molecule has 0 bridgehead atoms. The Morgan fingerprint density at radius 2 is 2.04 bits per heavy atom. The fourth-order valence-electron chi connectivity index (χ4n) is 3.58. The van der Waals surface area contributed by atoms with E-state index in [0.717, 1.165) is 64.5 Å². The van der Waals surface area contributed by atoms with Crippen LogP contribution in [0, 0.1) is 5.92 Å². The molecule has 0 aromatic heterocycles. The number of halogens is 1. The standard InChI is InChI=1S/C18H34N4O.HI/c1-3-7-16(9-13-23)14-20-18(19-4-2)22-12-8-17(15-22)21-10-5-6-11-21;/h5-6,16-17,23H,3-4,7-15H2,1-2H3,(H,19,20);1H. The zero-order valence-electron chi connectivity index (χ0n) is 15.3. The summed E-state index contributed by atoms with van der Waals surface area (Å²) < 4.78 is 0. The molecule has 0 aliphatic carbocycles. The minimum absolute atomic E-state index is 0. The highest BCUT2D eigenvalue weighted by Crippen LogP contribution is 2.18. The van der Waals surface area contributed by atoms with E-state index in [4.69, 9.17) is 4.99 Å². The summed E-state index contributed by atoms with van der Waals surface area (Å²) in [6.07, 6.45) is 8.92. The first kappa shape index (κ1) is 21.7. The Morgan fingerprint density at radius 1 is 1.29 bits per heavy atom. The van der Waals surface area contributed by atoms with Gasteiger partial charge in [-0.05, 0) is 32.1 Å². The van der Waals surface area contributed by atoms with E-state index >= 15 is 0 Å². The normalized spacial score (nSPS) is 22.7. The van der Waals surface area contributed by atoms with E-state index < -0.39 is 0 Å². The van der Waals surface area contributed by atoms with Gasteiger partial charge in [-0.15, -0.1) is 24.0 Å². The molecule has 0 radical (unpaired) electrons. The Hall–Kier alpha value is -0.340. The molecule has 2 atom stereocenters. The summed E-state index contributed by atoms with van der Waals surface area (Å²) in [6.45, 7) is 10.7. The molecule has 24 heavy (non-hydrogen) atoms. The number of nitrogens with one attached hydrogen (secondary N) is 1. The summed E-state index contributed by atoms with van der Waals surface area (Å²) in [5.41, 5.74) is 0. The van der Waals surface area contributed by atoms with Gasteiger partial charge in [-0.3, -0.25) is 9.89 Å². The molecule has 5 nitrogen and oxygen atoms in total. The Bertz CT molecular complexity index is 388. The molecule has 140 valence electrons. The van der Waals surface area contributed by atoms with Crippen LogP contribution in [0.1, 0.15) is 39.5 Å². The maximum absolute atomic E-state index is 9.21. The molecule has 2 heterocycles. The molecule has 2 rings (SSSR count). The average molecular weight is 450 g/mol. The lowest BCUT2D eigenvalue weighted by atomic mass is 10.0. The number of guanidine groups is 1. The van der Waals surface area contributed by atoms with Crippen LogP contribution in [-0.4, -0.2) is 72.8 Å². The molecule has 0 aromatic rings. The number of rotatable bonds is 8. The minimum atomic E-state index is 0. The van der Waals surface area contributed by atoms with Gasteiger partial charge in [0.1, 0.15) is 0 Å². The summed E-state index contributed by atoms with van der Waals surface area (Å²) in [7, 11) is 0. The van der Waals surface area contributed by atoms with Crippen LogP contribution >= 0.6 is 24.0 Å². The van der Waals surface area contributed by atoms with Crippen LogP contribution in [0.15, 0.2) is 17.1 Å². The zero-order valence-corrected chi connectivity index (χ0v) is 17.6. The van der Waals surface area contributed by atoms with E-state index in [1.54, 1.807) is 0 Å². The van der Waals surface area contributed by atoms with Crippen LogP contribution in [0.2, 0.25) is 0 Å². The molecule has 1 fully saturated rings. The van der Waals surface area contributed by atoms with Gasteiger partial charge in [0.15, 0.2) is 5.96 Å². The largest absolute Gasteiger partial charge is 0.396 e. The van der Waals surface area contributed by atoms with Crippen LogP contribution in [0.25, 0.3) is 0 Å². The number of aliphatic hydroxyl groups is 1. The highest BCUT2D eigenvalue weighted by Gasteiger charge is 2.29. The van der Waals surface area contributed by atoms with E-state index in [-0.39, 0.29) is 30.6 Å². The van der Waals surface area contributed by atoms with Crippen molar-refractivity contribution in [2.45, 2.75) is 45.6 Å². The second-order valence-corrected chi connectivity index (χ2v) is 6.68. The molecule has 0 aromatic carbocycles. The lowest BCUT2D eigenvalue weighted by Gasteiger charge is -2.26. The van der Waals surface area contributed by atoms with E-state index in [2.05, 4.69) is 41.1 Å². The molecule has 2 N–H and O–H groups in total. The molecule has 2 aliphatic heterocycles. The third-order valence-electron chi connectivity index (χ3n) is 4.89. The zero-order chi connectivity index (χ0) is 16.5. The minimum Gasteiger partial charge on any atom is -0.396 e. The lowest BCUT2D eigenvalue weighted by molar-refractivity contribution is 0.252. The molecule has 0 saturated carbocycles. The molecule has 2 unspecified atom stereocenters. The topological polar surface area (TPSA) is 51.1 Å². The van der Waals surface area contributed by atoms with Crippen molar-refractivity contribution in [1.82, 2.24) is 15.1 Å². The van der Waals surface area contributed by atoms with Crippen molar-refractivity contribution in [2.24, 2.45) is 10.9 Å². The highest BCUT2D eigenvalue weighted by atomic mass is 127. The summed E-state index contributed by atoms with van der Waals surface area (Å²) in [5.74, 6) is 1.56. The molecular weight excluding hydrogens is 415 g/mol. The molecular formula is C18H35IN4O. The molecule has 6 heteroatoms. The predicted molar refractivity (Wildman–Crippen MR) is 112 cm³/mol. The molecule has 2 aliphatic rings. The van der Waals surface area contributed by atoms with Gasteiger partial charge in [0.2, 0.25) is 0 Å². The van der Waals surface area contributed by atoms with Gasteiger partial charge in [0.05, 0.1) is 0 Å². The first-order valence-corrected chi connectivity index (χ1v) is 9.31. The van der Waals surface area contributed by atoms with Gasteiger partial charge in [-0.25, -0.2) is 0 Å². The fraction of sp³-hybridized carbons (Fsp3) is 0.833. The van der Waals surface area contributed by atoms with Crippen molar-refractivity contribution in [3.63, 3.8) is 0 Å². The van der Waals surface area contributed by atoms with Crippen LogP contribution < -0.4 is 5.32 Å². The average Bonchev–Trinajstić information content (AvgIpc) is 3.22. The molecule has 0 amide bonds. The highest BCUT2D eigenvalue weighted by molar-refractivity contribution is 14.0. The number of aliphatic imine (C=N–C) groups is 1. The molecule has 1 saturated heterocycles. The summed E-state index contributed by atoms with van der Waals surface area (Å²) in [6, 6.07) is 0.651. The van der Waals surface area contributed by atoms with Crippen molar-refractivity contribution >= 4 is 29.9 Å². The number of likely N-dealkylation sites (tertiary alicyclic amines) is 1. The Kier molecular flexibility index (Phi) is 10.9. The van der Waals surface area contributed by atoms with Crippen molar-refractivity contribution in [3.05, 3.63) is 12.2 Å². The van der Waals surface area contributed by atoms with Crippen LogP contribution in [0.4, 0.5) is 0 Å². The number of aliphatic hydroxyl groups excluding tert-OH is 1. The maximum Gasteiger partial charge on any atom is 0.193 e. The summed E-state index contributed by atoms with van der Waals surface area (Å²) in [4.78, 5) is 9.84. The van der Waals surface area contributed by atoms with Crippen LogP contribution in [0.5, 0.6) is 0 Å². The van der Waals surface area contributed by atoms with Crippen molar-refractivity contribution in [3.8, 4) is 0 Å².